The third-order valence-electron chi connectivity index (χ3n) is 5.74. The fourth-order valence-corrected chi connectivity index (χ4v) is 4.43. The van der Waals surface area contributed by atoms with Crippen LogP contribution in [0.25, 0.3) is 0 Å². The summed E-state index contributed by atoms with van der Waals surface area (Å²) in [7, 11) is 0. The monoisotopic (exact) mass is 300 g/mol. The van der Waals surface area contributed by atoms with Crippen molar-refractivity contribution in [3.63, 3.8) is 0 Å². The van der Waals surface area contributed by atoms with Gasteiger partial charge in [0.05, 0.1) is 17.6 Å². The summed E-state index contributed by atoms with van der Waals surface area (Å²) in [5.74, 6) is 2.43. The topological polar surface area (TPSA) is 41.1 Å². The van der Waals surface area contributed by atoms with Crippen molar-refractivity contribution in [3.05, 3.63) is 17.7 Å². The molecule has 0 atom stereocenters. The second-order valence-corrected chi connectivity index (χ2v) is 7.20. The van der Waals surface area contributed by atoms with Crippen LogP contribution in [0.4, 0.5) is 5.69 Å². The van der Waals surface area contributed by atoms with Crippen LogP contribution in [0.3, 0.4) is 0 Å². The molecule has 22 heavy (non-hydrogen) atoms. The Balaban J connectivity index is 1.66. The summed E-state index contributed by atoms with van der Waals surface area (Å²) >= 11 is 0. The van der Waals surface area contributed by atoms with E-state index in [0.29, 0.717) is 11.8 Å². The van der Waals surface area contributed by atoms with Gasteiger partial charge in [-0.25, -0.2) is 9.97 Å². The molecule has 4 rings (SSSR count). The highest BCUT2D eigenvalue weighted by atomic mass is 15.2. The zero-order chi connectivity index (χ0) is 14.8. The van der Waals surface area contributed by atoms with Crippen molar-refractivity contribution in [3.8, 4) is 0 Å². The molecule has 2 saturated carbocycles. The minimum atomic E-state index is 0.622. The summed E-state index contributed by atoms with van der Waals surface area (Å²) < 4.78 is 0. The van der Waals surface area contributed by atoms with E-state index >= 15 is 0 Å². The number of aromatic nitrogens is 2. The maximum atomic E-state index is 5.14. The lowest BCUT2D eigenvalue weighted by Gasteiger charge is -2.31. The number of hydrogen-bond donors (Lipinski definition) is 1. The molecule has 2 heterocycles. The largest absolute Gasteiger partial charge is 0.366 e. The van der Waals surface area contributed by atoms with Crippen LogP contribution < -0.4 is 10.2 Å². The first-order chi connectivity index (χ1) is 10.9. The predicted octanol–water partition coefficient (Wildman–Crippen LogP) is 3.20. The van der Waals surface area contributed by atoms with E-state index in [4.69, 9.17) is 9.97 Å². The lowest BCUT2D eigenvalue weighted by Crippen LogP contribution is -2.44. The van der Waals surface area contributed by atoms with Gasteiger partial charge in [0, 0.05) is 38.0 Å². The fraction of sp³-hybridized carbons (Fsp3) is 0.778. The minimum absolute atomic E-state index is 0.622. The van der Waals surface area contributed by atoms with Gasteiger partial charge in [-0.1, -0.05) is 25.7 Å². The van der Waals surface area contributed by atoms with Crippen molar-refractivity contribution >= 4 is 5.69 Å². The molecule has 4 nitrogen and oxygen atoms in total. The van der Waals surface area contributed by atoms with Crippen molar-refractivity contribution < 1.29 is 0 Å². The third-order valence-corrected chi connectivity index (χ3v) is 5.74. The van der Waals surface area contributed by atoms with Crippen LogP contribution in [0, 0.1) is 0 Å². The van der Waals surface area contributed by atoms with Crippen molar-refractivity contribution in [2.75, 3.05) is 31.1 Å². The van der Waals surface area contributed by atoms with Crippen LogP contribution >= 0.6 is 0 Å². The Bertz CT molecular complexity index is 498. The van der Waals surface area contributed by atoms with Gasteiger partial charge in [0.15, 0.2) is 0 Å². The van der Waals surface area contributed by atoms with Gasteiger partial charge in [-0.3, -0.25) is 0 Å². The maximum absolute atomic E-state index is 5.14. The van der Waals surface area contributed by atoms with Crippen LogP contribution in [0.2, 0.25) is 0 Å². The van der Waals surface area contributed by atoms with Crippen LogP contribution in [0.1, 0.15) is 74.7 Å². The normalized spacial score (nSPS) is 24.3. The summed E-state index contributed by atoms with van der Waals surface area (Å²) in [6.45, 7) is 4.33. The number of piperazine rings is 1. The van der Waals surface area contributed by atoms with Gasteiger partial charge in [-0.15, -0.1) is 0 Å². The van der Waals surface area contributed by atoms with Crippen LogP contribution in [-0.4, -0.2) is 36.1 Å². The number of hydrogen-bond acceptors (Lipinski definition) is 4. The van der Waals surface area contributed by atoms with Crippen molar-refractivity contribution in [1.82, 2.24) is 15.3 Å². The lowest BCUT2D eigenvalue weighted by molar-refractivity contribution is 0.575. The fourth-order valence-electron chi connectivity index (χ4n) is 4.43. The highest BCUT2D eigenvalue weighted by molar-refractivity contribution is 5.51. The molecule has 0 radical (unpaired) electrons. The van der Waals surface area contributed by atoms with E-state index < -0.39 is 0 Å². The molecule has 0 spiro atoms. The molecular weight excluding hydrogens is 272 g/mol. The standard InChI is InChI=1S/C18H28N4/c1-2-6-14(5-1)17-16(22-11-9-19-10-12-22)13-20-18(21-17)15-7-3-4-8-15/h13-15,19H,1-12H2. The van der Waals surface area contributed by atoms with Crippen LogP contribution in [-0.2, 0) is 0 Å². The van der Waals surface area contributed by atoms with Gasteiger partial charge in [0.2, 0.25) is 0 Å². The summed E-state index contributed by atoms with van der Waals surface area (Å²) in [5, 5.41) is 3.45. The van der Waals surface area contributed by atoms with E-state index in [1.54, 1.807) is 0 Å². The number of anilines is 1. The number of nitrogens with zero attached hydrogens (tertiary/aromatic N) is 3. The highest BCUT2D eigenvalue weighted by Gasteiger charge is 2.27. The Morgan fingerprint density at radius 3 is 2.23 bits per heavy atom. The molecule has 2 aliphatic carbocycles. The Morgan fingerprint density at radius 1 is 0.909 bits per heavy atom. The third kappa shape index (κ3) is 2.85. The number of rotatable bonds is 3. The van der Waals surface area contributed by atoms with E-state index in [2.05, 4.69) is 16.4 Å². The Labute approximate surface area is 133 Å². The molecule has 0 unspecified atom stereocenters. The van der Waals surface area contributed by atoms with Crippen molar-refractivity contribution in [2.24, 2.45) is 0 Å². The quantitative estimate of drug-likeness (QED) is 0.930. The minimum Gasteiger partial charge on any atom is -0.366 e. The van der Waals surface area contributed by atoms with E-state index in [1.165, 1.54) is 62.7 Å². The summed E-state index contributed by atoms with van der Waals surface area (Å²) in [6.07, 6.45) is 12.8. The zero-order valence-electron chi connectivity index (χ0n) is 13.6. The second kappa shape index (κ2) is 6.53. The van der Waals surface area contributed by atoms with E-state index in [1.807, 2.05) is 0 Å². The molecule has 0 bridgehead atoms. The number of nitrogens with one attached hydrogen (secondary N) is 1. The first-order valence-corrected chi connectivity index (χ1v) is 9.24. The van der Waals surface area contributed by atoms with E-state index in [-0.39, 0.29) is 0 Å². The molecule has 3 fully saturated rings. The van der Waals surface area contributed by atoms with Crippen LogP contribution in [0.15, 0.2) is 6.20 Å². The van der Waals surface area contributed by atoms with Gasteiger partial charge in [-0.2, -0.15) is 0 Å². The van der Waals surface area contributed by atoms with Gasteiger partial charge in [-0.05, 0) is 25.7 Å². The zero-order valence-corrected chi connectivity index (χ0v) is 13.6. The van der Waals surface area contributed by atoms with Crippen LogP contribution in [0.5, 0.6) is 0 Å². The molecule has 1 saturated heterocycles. The molecule has 120 valence electrons. The van der Waals surface area contributed by atoms with Gasteiger partial charge in [0.1, 0.15) is 5.82 Å². The molecule has 1 aromatic rings. The van der Waals surface area contributed by atoms with Gasteiger partial charge in [0.25, 0.3) is 0 Å². The molecule has 1 aromatic heterocycles. The maximum Gasteiger partial charge on any atom is 0.131 e. The predicted molar refractivity (Wildman–Crippen MR) is 89.5 cm³/mol. The smallest absolute Gasteiger partial charge is 0.131 e. The summed E-state index contributed by atoms with van der Waals surface area (Å²) in [6, 6.07) is 0. The van der Waals surface area contributed by atoms with Crippen molar-refractivity contribution in [2.45, 2.75) is 63.2 Å². The Hall–Kier alpha value is -1.16. The molecule has 3 aliphatic rings. The first kappa shape index (κ1) is 14.4. The average molecular weight is 300 g/mol. The molecule has 4 heteroatoms. The van der Waals surface area contributed by atoms with E-state index in [0.717, 1.165) is 32.0 Å². The van der Waals surface area contributed by atoms with Gasteiger partial charge >= 0.3 is 0 Å². The van der Waals surface area contributed by atoms with E-state index in [9.17, 15) is 0 Å². The highest BCUT2D eigenvalue weighted by Crippen LogP contribution is 2.39. The Morgan fingerprint density at radius 2 is 1.55 bits per heavy atom. The first-order valence-electron chi connectivity index (χ1n) is 9.24. The summed E-state index contributed by atoms with van der Waals surface area (Å²) in [4.78, 5) is 12.4. The second-order valence-electron chi connectivity index (χ2n) is 7.20. The molecule has 1 aliphatic heterocycles. The van der Waals surface area contributed by atoms with Crippen molar-refractivity contribution in [1.29, 1.82) is 0 Å². The molecule has 1 N–H and O–H groups in total. The molecule has 0 aromatic carbocycles. The van der Waals surface area contributed by atoms with Gasteiger partial charge < -0.3 is 10.2 Å². The summed E-state index contributed by atoms with van der Waals surface area (Å²) in [5.41, 5.74) is 2.70. The molecular formula is C18H28N4. The molecule has 0 amide bonds. The lowest BCUT2D eigenvalue weighted by atomic mass is 10.00. The average Bonchev–Trinajstić information content (AvgIpc) is 3.29. The Kier molecular flexibility index (Phi) is 4.28. The SMILES string of the molecule is c1nc(C2CCCC2)nc(C2CCCC2)c1N1CCNCC1.